The molecule has 15 heavy (non-hydrogen) atoms. The molecular formula is C9H16N2O3S. The Hall–Kier alpha value is -1.04. The zero-order valence-electron chi connectivity index (χ0n) is 9.36. The van der Waals surface area contributed by atoms with Crippen LogP contribution < -0.4 is 4.72 Å². The van der Waals surface area contributed by atoms with Crippen molar-refractivity contribution in [2.45, 2.75) is 27.7 Å². The number of aryl methyl sites for hydroxylation is 2. The smallest absolute Gasteiger partial charge is 0.233 e. The maximum atomic E-state index is 11.6. The normalized spacial score (nSPS) is 12.1. The molecule has 0 saturated heterocycles. The van der Waals surface area contributed by atoms with Crippen LogP contribution in [0.15, 0.2) is 4.52 Å². The third kappa shape index (κ3) is 3.23. The fourth-order valence-corrected chi connectivity index (χ4v) is 2.83. The van der Waals surface area contributed by atoms with Crippen molar-refractivity contribution in [3.05, 3.63) is 11.5 Å². The molecule has 0 amide bonds. The fourth-order valence-electron chi connectivity index (χ4n) is 1.26. The quantitative estimate of drug-likeness (QED) is 0.857. The van der Waals surface area contributed by atoms with Crippen LogP contribution in [0.25, 0.3) is 0 Å². The van der Waals surface area contributed by atoms with E-state index in [-0.39, 0.29) is 11.7 Å². The van der Waals surface area contributed by atoms with Gasteiger partial charge >= 0.3 is 0 Å². The molecule has 0 fully saturated rings. The summed E-state index contributed by atoms with van der Waals surface area (Å²) in [4.78, 5) is 0. The van der Waals surface area contributed by atoms with E-state index in [0.717, 1.165) is 0 Å². The molecule has 1 rings (SSSR count). The molecule has 1 heterocycles. The van der Waals surface area contributed by atoms with Crippen LogP contribution >= 0.6 is 0 Å². The van der Waals surface area contributed by atoms with Gasteiger partial charge in [0.25, 0.3) is 0 Å². The predicted molar refractivity (Wildman–Crippen MR) is 58.2 cm³/mol. The van der Waals surface area contributed by atoms with Gasteiger partial charge < -0.3 is 4.52 Å². The summed E-state index contributed by atoms with van der Waals surface area (Å²) >= 11 is 0. The maximum absolute atomic E-state index is 11.6. The number of anilines is 1. The van der Waals surface area contributed by atoms with Gasteiger partial charge in [0.2, 0.25) is 10.0 Å². The monoisotopic (exact) mass is 232 g/mol. The zero-order chi connectivity index (χ0) is 11.6. The summed E-state index contributed by atoms with van der Waals surface area (Å²) in [6.07, 6.45) is 0. The standard InChI is InChI=1S/C9H16N2O3S/c1-6(2)5-15(12,13)11-9-7(3)10-14-8(9)4/h6,11H,5H2,1-4H3. The number of aromatic nitrogens is 1. The van der Waals surface area contributed by atoms with Crippen LogP contribution in [0.2, 0.25) is 0 Å². The first kappa shape index (κ1) is 12.0. The third-order valence-corrected chi connectivity index (χ3v) is 3.46. The van der Waals surface area contributed by atoms with E-state index in [1.165, 1.54) is 0 Å². The van der Waals surface area contributed by atoms with Gasteiger partial charge in [-0.2, -0.15) is 0 Å². The predicted octanol–water partition coefficient (Wildman–Crippen LogP) is 1.69. The Bertz CT molecular complexity index is 415. The number of nitrogens with one attached hydrogen (secondary N) is 1. The first-order chi connectivity index (χ1) is 6.82. The van der Waals surface area contributed by atoms with E-state index in [4.69, 9.17) is 4.52 Å². The van der Waals surface area contributed by atoms with Crippen LogP contribution in [0.5, 0.6) is 0 Å². The van der Waals surface area contributed by atoms with E-state index >= 15 is 0 Å². The van der Waals surface area contributed by atoms with Crippen LogP contribution in [-0.2, 0) is 10.0 Å². The summed E-state index contributed by atoms with van der Waals surface area (Å²) < 4.78 is 30.6. The van der Waals surface area contributed by atoms with Crippen molar-refractivity contribution in [1.82, 2.24) is 5.16 Å². The number of rotatable bonds is 4. The van der Waals surface area contributed by atoms with E-state index < -0.39 is 10.0 Å². The van der Waals surface area contributed by atoms with Gasteiger partial charge in [0.15, 0.2) is 5.76 Å². The summed E-state index contributed by atoms with van der Waals surface area (Å²) in [6, 6.07) is 0. The highest BCUT2D eigenvalue weighted by atomic mass is 32.2. The summed E-state index contributed by atoms with van der Waals surface area (Å²) in [5, 5.41) is 3.68. The molecule has 0 aliphatic carbocycles. The fraction of sp³-hybridized carbons (Fsp3) is 0.667. The van der Waals surface area contributed by atoms with Crippen LogP contribution in [0, 0.1) is 19.8 Å². The molecule has 0 radical (unpaired) electrons. The van der Waals surface area contributed by atoms with Crippen molar-refractivity contribution < 1.29 is 12.9 Å². The molecule has 0 aliphatic heterocycles. The van der Waals surface area contributed by atoms with Gasteiger partial charge in [-0.05, 0) is 19.8 Å². The molecule has 1 N–H and O–H groups in total. The molecule has 86 valence electrons. The molecule has 0 saturated carbocycles. The molecule has 0 atom stereocenters. The van der Waals surface area contributed by atoms with E-state index in [2.05, 4.69) is 9.88 Å². The van der Waals surface area contributed by atoms with Gasteiger partial charge in [0.1, 0.15) is 11.4 Å². The highest BCUT2D eigenvalue weighted by Crippen LogP contribution is 2.20. The van der Waals surface area contributed by atoms with Gasteiger partial charge in [-0.25, -0.2) is 8.42 Å². The number of sulfonamides is 1. The van der Waals surface area contributed by atoms with Gasteiger partial charge in [-0.1, -0.05) is 19.0 Å². The average molecular weight is 232 g/mol. The Morgan fingerprint density at radius 3 is 2.40 bits per heavy atom. The van der Waals surface area contributed by atoms with Gasteiger partial charge in [0, 0.05) is 0 Å². The second-order valence-corrected chi connectivity index (χ2v) is 5.74. The van der Waals surface area contributed by atoms with Crippen LogP contribution in [-0.4, -0.2) is 19.3 Å². The minimum absolute atomic E-state index is 0.0861. The number of hydrogen-bond acceptors (Lipinski definition) is 4. The minimum Gasteiger partial charge on any atom is -0.359 e. The first-order valence-electron chi connectivity index (χ1n) is 4.75. The Morgan fingerprint density at radius 2 is 2.00 bits per heavy atom. The van der Waals surface area contributed by atoms with E-state index in [1.807, 2.05) is 13.8 Å². The molecule has 0 spiro atoms. The Labute approximate surface area is 89.9 Å². The largest absolute Gasteiger partial charge is 0.359 e. The summed E-state index contributed by atoms with van der Waals surface area (Å²) in [7, 11) is -3.30. The van der Waals surface area contributed by atoms with Gasteiger partial charge in [-0.3, -0.25) is 4.72 Å². The Balaban J connectivity index is 2.87. The number of nitrogens with zero attached hydrogens (tertiary/aromatic N) is 1. The third-order valence-electron chi connectivity index (χ3n) is 1.84. The highest BCUT2D eigenvalue weighted by Gasteiger charge is 2.17. The van der Waals surface area contributed by atoms with E-state index in [9.17, 15) is 8.42 Å². The molecule has 0 aliphatic rings. The topological polar surface area (TPSA) is 72.2 Å². The van der Waals surface area contributed by atoms with Crippen molar-refractivity contribution in [1.29, 1.82) is 0 Å². The van der Waals surface area contributed by atoms with Crippen LogP contribution in [0.3, 0.4) is 0 Å². The van der Waals surface area contributed by atoms with Crippen LogP contribution in [0.1, 0.15) is 25.3 Å². The Morgan fingerprint density at radius 1 is 1.40 bits per heavy atom. The van der Waals surface area contributed by atoms with E-state index in [1.54, 1.807) is 13.8 Å². The SMILES string of the molecule is Cc1noc(C)c1NS(=O)(=O)CC(C)C. The molecule has 1 aromatic heterocycles. The lowest BCUT2D eigenvalue weighted by Crippen LogP contribution is -2.20. The van der Waals surface area contributed by atoms with Gasteiger partial charge in [0.05, 0.1) is 5.75 Å². The lowest BCUT2D eigenvalue weighted by Gasteiger charge is -2.08. The van der Waals surface area contributed by atoms with Crippen molar-refractivity contribution in [3.8, 4) is 0 Å². The van der Waals surface area contributed by atoms with Gasteiger partial charge in [-0.15, -0.1) is 0 Å². The van der Waals surface area contributed by atoms with Crippen molar-refractivity contribution in [2.24, 2.45) is 5.92 Å². The molecule has 6 heteroatoms. The zero-order valence-corrected chi connectivity index (χ0v) is 10.2. The first-order valence-corrected chi connectivity index (χ1v) is 6.40. The minimum atomic E-state index is -3.30. The summed E-state index contributed by atoms with van der Waals surface area (Å²) in [6.45, 7) is 7.08. The Kier molecular flexibility index (Phi) is 3.38. The molecule has 5 nitrogen and oxygen atoms in total. The molecule has 0 aromatic carbocycles. The summed E-state index contributed by atoms with van der Waals surface area (Å²) in [5.74, 6) is 0.666. The molecule has 1 aromatic rings. The maximum Gasteiger partial charge on any atom is 0.233 e. The lowest BCUT2D eigenvalue weighted by atomic mass is 10.3. The average Bonchev–Trinajstić information content (AvgIpc) is 2.33. The van der Waals surface area contributed by atoms with E-state index in [0.29, 0.717) is 17.1 Å². The lowest BCUT2D eigenvalue weighted by molar-refractivity contribution is 0.393. The van der Waals surface area contributed by atoms with Crippen LogP contribution in [0.4, 0.5) is 5.69 Å². The van der Waals surface area contributed by atoms with Crippen molar-refractivity contribution in [3.63, 3.8) is 0 Å². The highest BCUT2D eigenvalue weighted by molar-refractivity contribution is 7.92. The van der Waals surface area contributed by atoms with Crippen molar-refractivity contribution in [2.75, 3.05) is 10.5 Å². The molecular weight excluding hydrogens is 216 g/mol. The second kappa shape index (κ2) is 4.22. The number of hydrogen-bond donors (Lipinski definition) is 1. The molecule has 0 bridgehead atoms. The second-order valence-electron chi connectivity index (χ2n) is 3.98. The van der Waals surface area contributed by atoms with Crippen molar-refractivity contribution >= 4 is 15.7 Å². The molecule has 0 unspecified atom stereocenters. The summed E-state index contributed by atoms with van der Waals surface area (Å²) in [5.41, 5.74) is 1.01.